The lowest BCUT2D eigenvalue weighted by Gasteiger charge is -2.15. The van der Waals surface area contributed by atoms with Gasteiger partial charge in [0.25, 0.3) is 0 Å². The second-order valence-electron chi connectivity index (χ2n) is 5.35. The molecule has 21 heavy (non-hydrogen) atoms. The quantitative estimate of drug-likeness (QED) is 0.799. The van der Waals surface area contributed by atoms with Crippen LogP contribution in [0.4, 0.5) is 0 Å². The van der Waals surface area contributed by atoms with E-state index in [1.54, 1.807) is 12.1 Å². The monoisotopic (exact) mass is 292 g/mol. The number of carbonyl (C=O) groups excluding carboxylic acids is 1. The van der Waals surface area contributed by atoms with E-state index < -0.39 is 0 Å². The number of hydrogen-bond acceptors (Lipinski definition) is 5. The summed E-state index contributed by atoms with van der Waals surface area (Å²) in [6.07, 6.45) is 2.72. The molecule has 0 atom stereocenters. The molecule has 0 aliphatic carbocycles. The highest BCUT2D eigenvalue weighted by Gasteiger charge is 2.18. The lowest BCUT2D eigenvalue weighted by atomic mass is 10.1. The molecule has 3 rings (SSSR count). The highest BCUT2D eigenvalue weighted by molar-refractivity contribution is 5.76. The second kappa shape index (κ2) is 6.22. The zero-order chi connectivity index (χ0) is 14.7. The second-order valence-corrected chi connectivity index (χ2v) is 5.35. The summed E-state index contributed by atoms with van der Waals surface area (Å²) in [6.45, 7) is 3.07. The molecular formula is C15H20N2O4. The zero-order valence-corrected chi connectivity index (χ0v) is 11.9. The van der Waals surface area contributed by atoms with Crippen LogP contribution >= 0.6 is 0 Å². The van der Waals surface area contributed by atoms with Crippen molar-refractivity contribution in [1.82, 2.24) is 10.2 Å². The third-order valence-electron chi connectivity index (χ3n) is 3.86. The molecule has 0 aromatic heterocycles. The predicted molar refractivity (Wildman–Crippen MR) is 76.4 cm³/mol. The molecule has 0 radical (unpaired) electrons. The molecule has 6 heteroatoms. The zero-order valence-electron chi connectivity index (χ0n) is 11.9. The first-order valence-electron chi connectivity index (χ1n) is 7.34. The lowest BCUT2D eigenvalue weighted by Crippen LogP contribution is -2.30. The fourth-order valence-electron chi connectivity index (χ4n) is 2.66. The van der Waals surface area contributed by atoms with Crippen molar-refractivity contribution in [2.45, 2.75) is 25.8 Å². The molecule has 114 valence electrons. The summed E-state index contributed by atoms with van der Waals surface area (Å²) in [5, 5.41) is 13.1. The summed E-state index contributed by atoms with van der Waals surface area (Å²) in [4.78, 5) is 13.8. The molecule has 1 amide bonds. The maximum atomic E-state index is 11.9. The largest absolute Gasteiger partial charge is 0.507 e. The van der Waals surface area contributed by atoms with Gasteiger partial charge in [0, 0.05) is 44.2 Å². The predicted octanol–water partition coefficient (Wildman–Crippen LogP) is 1.22. The Hall–Kier alpha value is -1.95. The standard InChI is InChI=1S/C15H20N2O4/c18-12-8-14-13(20-10-21-14)7-11(12)9-16-4-3-15(19)17-5-1-2-6-17/h7-8,16,18H,1-6,9-10H2. The first kappa shape index (κ1) is 14.0. The Morgan fingerprint density at radius 1 is 1.24 bits per heavy atom. The van der Waals surface area contributed by atoms with E-state index in [0.717, 1.165) is 31.5 Å². The van der Waals surface area contributed by atoms with Gasteiger partial charge in [-0.05, 0) is 18.9 Å². The number of phenolic OH excluding ortho intramolecular Hbond substituents is 1. The van der Waals surface area contributed by atoms with Crippen LogP contribution in [0.15, 0.2) is 12.1 Å². The summed E-state index contributed by atoms with van der Waals surface area (Å²) < 4.78 is 10.5. The number of fused-ring (bicyclic) bond motifs is 1. The van der Waals surface area contributed by atoms with Gasteiger partial charge in [0.1, 0.15) is 5.75 Å². The SMILES string of the molecule is O=C(CCNCc1cc2c(cc1O)OCO2)N1CCCC1. The number of rotatable bonds is 5. The number of hydrogen-bond donors (Lipinski definition) is 2. The number of amides is 1. The van der Waals surface area contributed by atoms with Crippen LogP contribution in [-0.2, 0) is 11.3 Å². The average molecular weight is 292 g/mol. The van der Waals surface area contributed by atoms with E-state index in [9.17, 15) is 9.90 Å². The van der Waals surface area contributed by atoms with Crippen LogP contribution in [-0.4, -0.2) is 42.3 Å². The summed E-state index contributed by atoms with van der Waals surface area (Å²) >= 11 is 0. The molecule has 1 aromatic carbocycles. The Morgan fingerprint density at radius 3 is 2.71 bits per heavy atom. The number of phenols is 1. The summed E-state index contributed by atoms with van der Waals surface area (Å²) in [6, 6.07) is 3.34. The normalized spacial score (nSPS) is 16.5. The van der Waals surface area contributed by atoms with Gasteiger partial charge in [-0.25, -0.2) is 0 Å². The van der Waals surface area contributed by atoms with Crippen molar-refractivity contribution in [3.05, 3.63) is 17.7 Å². The van der Waals surface area contributed by atoms with E-state index in [-0.39, 0.29) is 18.4 Å². The van der Waals surface area contributed by atoms with Crippen LogP contribution in [0.5, 0.6) is 17.2 Å². The van der Waals surface area contributed by atoms with Gasteiger partial charge in [-0.1, -0.05) is 0 Å². The van der Waals surface area contributed by atoms with Crippen molar-refractivity contribution >= 4 is 5.91 Å². The van der Waals surface area contributed by atoms with Gasteiger partial charge in [-0.3, -0.25) is 4.79 Å². The topological polar surface area (TPSA) is 71.0 Å². The van der Waals surface area contributed by atoms with Crippen molar-refractivity contribution in [3.8, 4) is 17.2 Å². The van der Waals surface area contributed by atoms with Gasteiger partial charge < -0.3 is 24.8 Å². The average Bonchev–Trinajstić information content (AvgIpc) is 3.14. The molecule has 2 aliphatic heterocycles. The van der Waals surface area contributed by atoms with E-state index in [4.69, 9.17) is 9.47 Å². The number of likely N-dealkylation sites (tertiary alicyclic amines) is 1. The smallest absolute Gasteiger partial charge is 0.231 e. The Kier molecular flexibility index (Phi) is 4.15. The van der Waals surface area contributed by atoms with Crippen LogP contribution in [0.3, 0.4) is 0 Å². The fraction of sp³-hybridized carbons (Fsp3) is 0.533. The lowest BCUT2D eigenvalue weighted by molar-refractivity contribution is -0.130. The van der Waals surface area contributed by atoms with E-state index in [1.807, 2.05) is 4.90 Å². The van der Waals surface area contributed by atoms with Crippen molar-refractivity contribution in [3.63, 3.8) is 0 Å². The number of benzene rings is 1. The van der Waals surface area contributed by atoms with Crippen LogP contribution in [0.1, 0.15) is 24.8 Å². The van der Waals surface area contributed by atoms with Crippen molar-refractivity contribution < 1.29 is 19.4 Å². The van der Waals surface area contributed by atoms with E-state index >= 15 is 0 Å². The third-order valence-corrected chi connectivity index (χ3v) is 3.86. The molecule has 6 nitrogen and oxygen atoms in total. The van der Waals surface area contributed by atoms with E-state index in [1.165, 1.54) is 0 Å². The highest BCUT2D eigenvalue weighted by Crippen LogP contribution is 2.37. The first-order valence-corrected chi connectivity index (χ1v) is 7.34. The number of carbonyl (C=O) groups is 1. The molecular weight excluding hydrogens is 272 g/mol. The van der Waals surface area contributed by atoms with Gasteiger partial charge in [0.15, 0.2) is 11.5 Å². The van der Waals surface area contributed by atoms with Crippen LogP contribution < -0.4 is 14.8 Å². The molecule has 1 fully saturated rings. The number of aromatic hydroxyl groups is 1. The van der Waals surface area contributed by atoms with Gasteiger partial charge >= 0.3 is 0 Å². The molecule has 0 unspecified atom stereocenters. The van der Waals surface area contributed by atoms with Gasteiger partial charge in [-0.15, -0.1) is 0 Å². The van der Waals surface area contributed by atoms with Crippen LogP contribution in [0, 0.1) is 0 Å². The van der Waals surface area contributed by atoms with Crippen molar-refractivity contribution in [2.75, 3.05) is 26.4 Å². The third kappa shape index (κ3) is 3.21. The fourth-order valence-corrected chi connectivity index (χ4v) is 2.66. The summed E-state index contributed by atoms with van der Waals surface area (Å²) in [7, 11) is 0. The van der Waals surface area contributed by atoms with Gasteiger partial charge in [-0.2, -0.15) is 0 Å². The van der Waals surface area contributed by atoms with Gasteiger partial charge in [0.05, 0.1) is 0 Å². The molecule has 1 saturated heterocycles. The molecule has 0 bridgehead atoms. The Labute approximate surface area is 123 Å². The maximum absolute atomic E-state index is 11.9. The Morgan fingerprint density at radius 2 is 1.95 bits per heavy atom. The number of nitrogens with one attached hydrogen (secondary N) is 1. The molecule has 0 saturated carbocycles. The minimum Gasteiger partial charge on any atom is -0.507 e. The van der Waals surface area contributed by atoms with Crippen molar-refractivity contribution in [1.29, 1.82) is 0 Å². The summed E-state index contributed by atoms with van der Waals surface area (Å²) in [5.41, 5.74) is 0.743. The minimum atomic E-state index is 0.178. The molecule has 2 heterocycles. The maximum Gasteiger partial charge on any atom is 0.231 e. The van der Waals surface area contributed by atoms with E-state index in [2.05, 4.69) is 5.32 Å². The van der Waals surface area contributed by atoms with Crippen LogP contribution in [0.2, 0.25) is 0 Å². The Balaban J connectivity index is 1.46. The molecule has 0 spiro atoms. The molecule has 1 aromatic rings. The number of nitrogens with zero attached hydrogens (tertiary/aromatic N) is 1. The highest BCUT2D eigenvalue weighted by atomic mass is 16.7. The van der Waals surface area contributed by atoms with Crippen molar-refractivity contribution in [2.24, 2.45) is 0 Å². The van der Waals surface area contributed by atoms with Gasteiger partial charge in [0.2, 0.25) is 12.7 Å². The number of ether oxygens (including phenoxy) is 2. The Bertz CT molecular complexity index is 527. The first-order chi connectivity index (χ1) is 10.2. The van der Waals surface area contributed by atoms with E-state index in [0.29, 0.717) is 31.0 Å². The van der Waals surface area contributed by atoms with Crippen LogP contribution in [0.25, 0.3) is 0 Å². The molecule has 2 aliphatic rings. The molecule has 2 N–H and O–H groups in total. The minimum absolute atomic E-state index is 0.178. The summed E-state index contributed by atoms with van der Waals surface area (Å²) in [5.74, 6) is 1.60.